The number of hydrogen-bond donors (Lipinski definition) is 1. The molecule has 1 aliphatic rings. The molecule has 0 aliphatic heterocycles. The molecular formula is C13H14N2O3S. The molecule has 19 heavy (non-hydrogen) atoms. The fourth-order valence-electron chi connectivity index (χ4n) is 1.96. The first-order chi connectivity index (χ1) is 8.87. The number of carbonyl (C=O) groups is 1. The van der Waals surface area contributed by atoms with Gasteiger partial charge in [0.2, 0.25) is 5.91 Å². The molecule has 1 saturated carbocycles. The van der Waals surface area contributed by atoms with Gasteiger partial charge in [-0.15, -0.1) is 0 Å². The van der Waals surface area contributed by atoms with Crippen LogP contribution >= 0.6 is 0 Å². The van der Waals surface area contributed by atoms with Gasteiger partial charge >= 0.3 is 0 Å². The Kier molecular flexibility index (Phi) is 3.33. The van der Waals surface area contributed by atoms with Crippen LogP contribution in [-0.4, -0.2) is 20.6 Å². The maximum absolute atomic E-state index is 12.0. The maximum atomic E-state index is 12.0. The summed E-state index contributed by atoms with van der Waals surface area (Å²) < 4.78 is 22.6. The summed E-state index contributed by atoms with van der Waals surface area (Å²) in [5, 5.41) is 11.7. The third-order valence-corrected chi connectivity index (χ3v) is 4.52. The van der Waals surface area contributed by atoms with E-state index in [9.17, 15) is 13.2 Å². The van der Waals surface area contributed by atoms with E-state index in [4.69, 9.17) is 5.26 Å². The summed E-state index contributed by atoms with van der Waals surface area (Å²) >= 11 is 0. The van der Waals surface area contributed by atoms with Crippen molar-refractivity contribution >= 4 is 21.4 Å². The standard InChI is InChI=1S/C13H14N2O3S/c1-19(17,18)11-5-3-10(4-6-11)15-12(16)13(9-14)7-2-8-13/h3-6H,2,7-8H2,1H3,(H,15,16). The highest BCUT2D eigenvalue weighted by atomic mass is 32.2. The van der Waals surface area contributed by atoms with Crippen molar-refractivity contribution in [2.75, 3.05) is 11.6 Å². The van der Waals surface area contributed by atoms with E-state index in [0.717, 1.165) is 12.7 Å². The van der Waals surface area contributed by atoms with Crippen molar-refractivity contribution in [3.8, 4) is 6.07 Å². The van der Waals surface area contributed by atoms with E-state index in [1.807, 2.05) is 0 Å². The lowest BCUT2D eigenvalue weighted by atomic mass is 9.69. The summed E-state index contributed by atoms with van der Waals surface area (Å²) in [7, 11) is -3.24. The average Bonchev–Trinajstić information content (AvgIpc) is 2.27. The van der Waals surface area contributed by atoms with Gasteiger partial charge in [0.15, 0.2) is 9.84 Å². The Morgan fingerprint density at radius 1 is 1.32 bits per heavy atom. The van der Waals surface area contributed by atoms with E-state index in [1.54, 1.807) is 0 Å². The lowest BCUT2D eigenvalue weighted by molar-refractivity contribution is -0.126. The lowest BCUT2D eigenvalue weighted by Crippen LogP contribution is -2.40. The predicted molar refractivity (Wildman–Crippen MR) is 70.1 cm³/mol. The van der Waals surface area contributed by atoms with Crippen molar-refractivity contribution in [2.45, 2.75) is 24.2 Å². The van der Waals surface area contributed by atoms with Gasteiger partial charge in [-0.05, 0) is 43.5 Å². The minimum atomic E-state index is -3.24. The molecule has 100 valence electrons. The zero-order chi connectivity index (χ0) is 14.1. The number of rotatable bonds is 3. The van der Waals surface area contributed by atoms with E-state index in [0.29, 0.717) is 18.5 Å². The van der Waals surface area contributed by atoms with Gasteiger partial charge in [-0.2, -0.15) is 5.26 Å². The largest absolute Gasteiger partial charge is 0.325 e. The first-order valence-corrected chi connectivity index (χ1v) is 7.79. The first-order valence-electron chi connectivity index (χ1n) is 5.90. The van der Waals surface area contributed by atoms with E-state index in [-0.39, 0.29) is 10.8 Å². The SMILES string of the molecule is CS(=O)(=O)c1ccc(NC(=O)C2(C#N)CCC2)cc1. The van der Waals surface area contributed by atoms with Crippen LogP contribution < -0.4 is 5.32 Å². The van der Waals surface area contributed by atoms with Gasteiger partial charge < -0.3 is 5.32 Å². The Bertz CT molecular complexity index is 637. The molecule has 1 aromatic rings. The van der Waals surface area contributed by atoms with Gasteiger partial charge in [0.25, 0.3) is 0 Å². The average molecular weight is 278 g/mol. The molecule has 1 fully saturated rings. The summed E-state index contributed by atoms with van der Waals surface area (Å²) in [4.78, 5) is 12.2. The summed E-state index contributed by atoms with van der Waals surface area (Å²) in [6, 6.07) is 7.98. The number of carbonyl (C=O) groups excluding carboxylic acids is 1. The third kappa shape index (κ3) is 2.61. The molecule has 0 aromatic heterocycles. The van der Waals surface area contributed by atoms with Crippen LogP contribution in [0.15, 0.2) is 29.2 Å². The summed E-state index contributed by atoms with van der Waals surface area (Å²) in [5.41, 5.74) is -0.408. The molecule has 0 unspecified atom stereocenters. The molecule has 0 bridgehead atoms. The Hall–Kier alpha value is -1.87. The van der Waals surface area contributed by atoms with E-state index in [1.165, 1.54) is 24.3 Å². The highest BCUT2D eigenvalue weighted by Gasteiger charge is 2.44. The molecule has 0 saturated heterocycles. The summed E-state index contributed by atoms with van der Waals surface area (Å²) in [6.45, 7) is 0. The van der Waals surface area contributed by atoms with Crippen LogP contribution in [0.5, 0.6) is 0 Å². The maximum Gasteiger partial charge on any atom is 0.244 e. The van der Waals surface area contributed by atoms with Crippen LogP contribution in [0.25, 0.3) is 0 Å². The van der Waals surface area contributed by atoms with Crippen LogP contribution in [0, 0.1) is 16.7 Å². The van der Waals surface area contributed by atoms with E-state index < -0.39 is 15.3 Å². The molecule has 6 heteroatoms. The molecule has 1 amide bonds. The van der Waals surface area contributed by atoms with Gasteiger partial charge in [0, 0.05) is 11.9 Å². The van der Waals surface area contributed by atoms with Gasteiger partial charge in [-0.3, -0.25) is 4.79 Å². The molecule has 0 radical (unpaired) electrons. The number of sulfone groups is 1. The number of hydrogen-bond acceptors (Lipinski definition) is 4. The van der Waals surface area contributed by atoms with Gasteiger partial charge in [0.1, 0.15) is 5.41 Å². The minimum Gasteiger partial charge on any atom is -0.325 e. The second kappa shape index (κ2) is 4.67. The van der Waals surface area contributed by atoms with Crippen molar-refractivity contribution in [2.24, 2.45) is 5.41 Å². The van der Waals surface area contributed by atoms with Crippen molar-refractivity contribution in [1.29, 1.82) is 5.26 Å². The van der Waals surface area contributed by atoms with Crippen LogP contribution in [0.2, 0.25) is 0 Å². The molecule has 1 aromatic carbocycles. The summed E-state index contributed by atoms with van der Waals surface area (Å²) in [5.74, 6) is -0.312. The number of benzene rings is 1. The second-order valence-electron chi connectivity index (χ2n) is 4.80. The van der Waals surface area contributed by atoms with Gasteiger partial charge in [-0.1, -0.05) is 0 Å². The van der Waals surface area contributed by atoms with E-state index in [2.05, 4.69) is 11.4 Å². The van der Waals surface area contributed by atoms with Gasteiger partial charge in [0.05, 0.1) is 11.0 Å². The molecule has 1 aliphatic carbocycles. The number of nitrogens with one attached hydrogen (secondary N) is 1. The fraction of sp³-hybridized carbons (Fsp3) is 0.385. The molecule has 2 rings (SSSR count). The summed E-state index contributed by atoms with van der Waals surface area (Å²) in [6.07, 6.45) is 3.17. The van der Waals surface area contributed by atoms with Crippen molar-refractivity contribution < 1.29 is 13.2 Å². The third-order valence-electron chi connectivity index (χ3n) is 3.40. The minimum absolute atomic E-state index is 0.198. The molecular weight excluding hydrogens is 264 g/mol. The highest BCUT2D eigenvalue weighted by Crippen LogP contribution is 2.41. The lowest BCUT2D eigenvalue weighted by Gasteiger charge is -2.33. The van der Waals surface area contributed by atoms with Crippen LogP contribution in [0.1, 0.15) is 19.3 Å². The Morgan fingerprint density at radius 2 is 1.89 bits per heavy atom. The number of nitriles is 1. The Morgan fingerprint density at radius 3 is 2.26 bits per heavy atom. The number of nitrogens with zero attached hydrogens (tertiary/aromatic N) is 1. The quantitative estimate of drug-likeness (QED) is 0.912. The second-order valence-corrected chi connectivity index (χ2v) is 6.81. The number of amides is 1. The van der Waals surface area contributed by atoms with E-state index >= 15 is 0 Å². The van der Waals surface area contributed by atoms with Crippen molar-refractivity contribution in [3.63, 3.8) is 0 Å². The molecule has 0 atom stereocenters. The first kappa shape index (κ1) is 13.6. The number of anilines is 1. The van der Waals surface area contributed by atoms with Gasteiger partial charge in [-0.25, -0.2) is 8.42 Å². The molecule has 1 N–H and O–H groups in total. The Labute approximate surface area is 112 Å². The van der Waals surface area contributed by atoms with Crippen LogP contribution in [0.4, 0.5) is 5.69 Å². The Balaban J connectivity index is 2.13. The molecule has 5 nitrogen and oxygen atoms in total. The van der Waals surface area contributed by atoms with Crippen molar-refractivity contribution in [1.82, 2.24) is 0 Å². The smallest absolute Gasteiger partial charge is 0.244 e. The normalized spacial score (nSPS) is 17.1. The fourth-order valence-corrected chi connectivity index (χ4v) is 2.59. The highest BCUT2D eigenvalue weighted by molar-refractivity contribution is 7.90. The monoisotopic (exact) mass is 278 g/mol. The zero-order valence-corrected chi connectivity index (χ0v) is 11.3. The topological polar surface area (TPSA) is 87.0 Å². The van der Waals surface area contributed by atoms with Crippen molar-refractivity contribution in [3.05, 3.63) is 24.3 Å². The molecule has 0 heterocycles. The molecule has 0 spiro atoms. The zero-order valence-electron chi connectivity index (χ0n) is 10.5. The van der Waals surface area contributed by atoms with Crippen LogP contribution in [-0.2, 0) is 14.6 Å². The predicted octanol–water partition coefficient (Wildman–Crippen LogP) is 1.72. The van der Waals surface area contributed by atoms with Crippen LogP contribution in [0.3, 0.4) is 0 Å².